The molecule has 4 aromatic rings. The summed E-state index contributed by atoms with van der Waals surface area (Å²) in [6, 6.07) is 18.9. The Labute approximate surface area is 309 Å². The molecule has 0 fully saturated rings. The topological polar surface area (TPSA) is 159 Å². The van der Waals surface area contributed by atoms with E-state index in [9.17, 15) is 17.8 Å². The molecule has 0 amide bonds. The number of nitrogen functional groups attached to an aromatic ring is 1. The molecule has 14 heteroatoms. The Hall–Kier alpha value is -1.87. The summed E-state index contributed by atoms with van der Waals surface area (Å²) in [6.45, 7) is 1.76. The number of carbonyl (C=O) groups is 1. The van der Waals surface area contributed by atoms with E-state index in [4.69, 9.17) is 10.5 Å². The molecule has 1 aliphatic carbocycles. The number of aryl methyl sites for hydroxylation is 1. The summed E-state index contributed by atoms with van der Waals surface area (Å²) in [4.78, 5) is 12.3. The fourth-order valence-corrected chi connectivity index (χ4v) is 4.91. The van der Waals surface area contributed by atoms with E-state index in [2.05, 4.69) is 32.9 Å². The number of ether oxygens (including phenoxy) is 1. The molecular weight excluding hydrogens is 587 g/mol. The van der Waals surface area contributed by atoms with Crippen molar-refractivity contribution in [2.75, 3.05) is 18.3 Å². The number of fused-ring (bicyclic) bond motifs is 2. The van der Waals surface area contributed by atoms with Gasteiger partial charge in [0.1, 0.15) is 15.9 Å². The summed E-state index contributed by atoms with van der Waals surface area (Å²) >= 11 is 0. The summed E-state index contributed by atoms with van der Waals surface area (Å²) in [5.41, 5.74) is 11.7. The van der Waals surface area contributed by atoms with Crippen LogP contribution >= 0.6 is 0 Å². The Balaban J connectivity index is 0.00000205. The Bertz CT molecular complexity index is 1860. The molecule has 0 unspecified atom stereocenters. The first-order valence-corrected chi connectivity index (χ1v) is 12.9. The van der Waals surface area contributed by atoms with Gasteiger partial charge < -0.3 is 19.8 Å². The number of anilines is 2. The van der Waals surface area contributed by atoms with Crippen LogP contribution in [-0.2, 0) is 10.1 Å². The van der Waals surface area contributed by atoms with Crippen LogP contribution in [0, 0.1) is 19.1 Å². The van der Waals surface area contributed by atoms with Crippen molar-refractivity contribution in [3.8, 4) is 5.75 Å². The number of rotatable bonds is 6. The van der Waals surface area contributed by atoms with Crippen LogP contribution in [0.5, 0.6) is 5.75 Å². The zero-order chi connectivity index (χ0) is 27.7. The van der Waals surface area contributed by atoms with Gasteiger partial charge in [-0.1, -0.05) is 29.1 Å². The van der Waals surface area contributed by atoms with E-state index in [1.165, 1.54) is 19.2 Å². The predicted molar refractivity (Wildman–Crippen MR) is 147 cm³/mol. The second-order valence-electron chi connectivity index (χ2n) is 8.57. The summed E-state index contributed by atoms with van der Waals surface area (Å²) in [7, 11) is -3.40. The van der Waals surface area contributed by atoms with Gasteiger partial charge in [-0.3, -0.25) is 5.43 Å². The van der Waals surface area contributed by atoms with Crippen LogP contribution in [-0.4, -0.2) is 31.6 Å². The molecule has 0 saturated heterocycles. The van der Waals surface area contributed by atoms with Gasteiger partial charge in [-0.15, -0.1) is 41.3 Å². The van der Waals surface area contributed by atoms with Crippen molar-refractivity contribution in [1.82, 2.24) is 0 Å². The van der Waals surface area contributed by atoms with E-state index in [0.717, 1.165) is 0 Å². The SMILES string of the molecule is COc1cc(N=Nc2ccc3[c-]cccc3c2S(=O)(=O)[O-])c(C)cc1N/N=C1\[C-]=Cc2cc(N)ccc2C1=O.[Na+].[Na+].[Na+]. The molecule has 4 aromatic carbocycles. The van der Waals surface area contributed by atoms with Crippen LogP contribution in [0.15, 0.2) is 80.9 Å². The van der Waals surface area contributed by atoms with E-state index < -0.39 is 15.0 Å². The summed E-state index contributed by atoms with van der Waals surface area (Å²) in [5, 5.41) is 13.1. The number of allylic oxidation sites excluding steroid dienone is 1. The minimum atomic E-state index is -4.85. The maximum Gasteiger partial charge on any atom is 1.00 e. The molecule has 0 spiro atoms. The molecule has 0 aliphatic heterocycles. The molecule has 196 valence electrons. The number of ketones is 1. The number of nitrogens with two attached hydrogens (primary N) is 1. The zero-order valence-electron chi connectivity index (χ0n) is 23.7. The van der Waals surface area contributed by atoms with Gasteiger partial charge in [-0.25, -0.2) is 8.42 Å². The number of carbonyl (C=O) groups excluding carboxylic acids is 1. The standard InChI is InChI=1S/C28H21N5O5S.3Na/c1-16-13-25(33-30-22-11-8-18-14-19(29)9-10-20(18)27(22)34)26(38-2)15-24(16)32-31-23-12-7-17-5-3-4-6-21(17)28(23)39(35,36)37;;;/h3-4,6-10,12-15,33H,29H2,1-2H3,(H,35,36,37);;;/q-2;3*+1/p-1/b30-22+,32-31?;;;. The third-order valence-electron chi connectivity index (χ3n) is 5.99. The molecule has 0 atom stereocenters. The molecule has 1 aliphatic rings. The molecule has 0 heterocycles. The number of azo groups is 1. The van der Waals surface area contributed by atoms with E-state index in [1.807, 2.05) is 0 Å². The molecule has 0 bridgehead atoms. The summed E-state index contributed by atoms with van der Waals surface area (Å²) in [6.07, 6.45) is 4.50. The Morgan fingerprint density at radius 1 is 1.00 bits per heavy atom. The first-order chi connectivity index (χ1) is 18.7. The van der Waals surface area contributed by atoms with Crippen molar-refractivity contribution in [2.45, 2.75) is 11.8 Å². The van der Waals surface area contributed by atoms with Crippen molar-refractivity contribution >= 4 is 61.2 Å². The number of hydrogen-bond acceptors (Lipinski definition) is 10. The van der Waals surface area contributed by atoms with Crippen LogP contribution in [0.1, 0.15) is 21.5 Å². The summed E-state index contributed by atoms with van der Waals surface area (Å²) < 4.78 is 41.6. The fourth-order valence-electron chi connectivity index (χ4n) is 4.10. The van der Waals surface area contributed by atoms with Crippen molar-refractivity contribution in [3.05, 3.63) is 89.5 Å². The average molecular weight is 608 g/mol. The predicted octanol–water partition coefficient (Wildman–Crippen LogP) is -3.65. The third kappa shape index (κ3) is 7.79. The number of benzene rings is 4. The van der Waals surface area contributed by atoms with Crippen molar-refractivity contribution in [2.24, 2.45) is 15.3 Å². The molecule has 0 radical (unpaired) electrons. The van der Waals surface area contributed by atoms with Gasteiger partial charge in [0.2, 0.25) is 0 Å². The van der Waals surface area contributed by atoms with Gasteiger partial charge in [-0.2, -0.15) is 27.5 Å². The van der Waals surface area contributed by atoms with Gasteiger partial charge >= 0.3 is 88.7 Å². The Morgan fingerprint density at radius 2 is 1.74 bits per heavy atom. The summed E-state index contributed by atoms with van der Waals surface area (Å²) in [5.74, 6) is 0.0299. The quantitative estimate of drug-likeness (QED) is 0.0572. The molecular formula is C28H20N5Na3O5S. The van der Waals surface area contributed by atoms with Crippen LogP contribution in [0.4, 0.5) is 22.7 Å². The number of hydrazone groups is 1. The van der Waals surface area contributed by atoms with Crippen LogP contribution < -0.4 is 105 Å². The first kappa shape index (κ1) is 36.3. The fraction of sp³-hybridized carbons (Fsp3) is 0.0714. The van der Waals surface area contributed by atoms with Gasteiger partial charge in [0.25, 0.3) is 0 Å². The van der Waals surface area contributed by atoms with Crippen LogP contribution in [0.25, 0.3) is 16.8 Å². The van der Waals surface area contributed by atoms with Gasteiger partial charge in [0, 0.05) is 22.4 Å². The molecule has 42 heavy (non-hydrogen) atoms. The Morgan fingerprint density at radius 3 is 2.45 bits per heavy atom. The number of hydrogen-bond donors (Lipinski definition) is 2. The number of Topliss-reactive ketones (excluding diaryl/α,β-unsaturated/α-hetero) is 1. The molecule has 3 N–H and O–H groups in total. The molecule has 5 rings (SSSR count). The third-order valence-corrected chi connectivity index (χ3v) is 6.92. The number of methoxy groups -OCH3 is 1. The van der Waals surface area contributed by atoms with Crippen molar-refractivity contribution < 1.29 is 111 Å². The molecule has 0 aromatic heterocycles. The molecule has 0 saturated carbocycles. The smallest absolute Gasteiger partial charge is 0.745 e. The Kier molecular flexibility index (Phi) is 13.2. The normalized spacial score (nSPS) is 13.2. The average Bonchev–Trinajstić information content (AvgIpc) is 2.91. The van der Waals surface area contributed by atoms with Gasteiger partial charge in [0.05, 0.1) is 30.0 Å². The van der Waals surface area contributed by atoms with Gasteiger partial charge in [0.15, 0.2) is 0 Å². The van der Waals surface area contributed by atoms with E-state index >= 15 is 0 Å². The maximum atomic E-state index is 12.8. The first-order valence-electron chi connectivity index (χ1n) is 11.5. The van der Waals surface area contributed by atoms with Crippen LogP contribution in [0.2, 0.25) is 0 Å². The second kappa shape index (κ2) is 15.2. The minimum absolute atomic E-state index is 0. The maximum absolute atomic E-state index is 12.8. The monoisotopic (exact) mass is 607 g/mol. The van der Waals surface area contributed by atoms with Crippen molar-refractivity contribution in [1.29, 1.82) is 0 Å². The molecule has 10 nitrogen and oxygen atoms in total. The zero-order valence-corrected chi connectivity index (χ0v) is 30.5. The van der Waals surface area contributed by atoms with Crippen LogP contribution in [0.3, 0.4) is 0 Å². The van der Waals surface area contributed by atoms with Crippen molar-refractivity contribution in [3.63, 3.8) is 0 Å². The number of nitrogens with zero attached hydrogens (tertiary/aromatic N) is 3. The van der Waals surface area contributed by atoms with E-state index in [0.29, 0.717) is 44.9 Å². The second-order valence-corrected chi connectivity index (χ2v) is 9.89. The van der Waals surface area contributed by atoms with E-state index in [1.54, 1.807) is 61.5 Å². The van der Waals surface area contributed by atoms with Gasteiger partial charge in [-0.05, 0) is 24.6 Å². The van der Waals surface area contributed by atoms with E-state index in [-0.39, 0.29) is 111 Å². The number of nitrogens with one attached hydrogen (secondary N) is 1. The largest absolute Gasteiger partial charge is 1.00 e. The minimum Gasteiger partial charge on any atom is -0.745 e.